The molecule has 0 radical (unpaired) electrons. The molecule has 0 spiro atoms. The van der Waals surface area contributed by atoms with Crippen LogP contribution in [0.25, 0.3) is 0 Å². The van der Waals surface area contributed by atoms with Crippen LogP contribution in [0, 0.1) is 11.3 Å². The minimum atomic E-state index is -0.318. The van der Waals surface area contributed by atoms with Gasteiger partial charge in [-0.1, -0.05) is 12.1 Å². The SMILES string of the molecule is N#Cc1ccccc1NC(=O)c1cc(N)ccc1Br. The van der Waals surface area contributed by atoms with Crippen LogP contribution in [0.15, 0.2) is 46.9 Å². The standard InChI is InChI=1S/C14H10BrN3O/c15-12-6-5-10(17)7-11(12)14(19)18-13-4-2-1-3-9(13)8-16/h1-7H,17H2,(H,18,19). The number of benzene rings is 2. The van der Waals surface area contributed by atoms with Crippen LogP contribution in [0.3, 0.4) is 0 Å². The number of anilines is 2. The average molecular weight is 316 g/mol. The van der Waals surface area contributed by atoms with Crippen LogP contribution in [0.5, 0.6) is 0 Å². The molecule has 0 aromatic heterocycles. The van der Waals surface area contributed by atoms with Crippen LogP contribution in [0.2, 0.25) is 0 Å². The van der Waals surface area contributed by atoms with Gasteiger partial charge in [-0.15, -0.1) is 0 Å². The van der Waals surface area contributed by atoms with Gasteiger partial charge in [0.2, 0.25) is 0 Å². The minimum absolute atomic E-state index is 0.318. The normalized spacial score (nSPS) is 9.68. The molecule has 0 saturated heterocycles. The molecular weight excluding hydrogens is 306 g/mol. The Morgan fingerprint density at radius 3 is 2.74 bits per heavy atom. The van der Waals surface area contributed by atoms with Crippen LogP contribution < -0.4 is 11.1 Å². The molecular formula is C14H10BrN3O. The van der Waals surface area contributed by atoms with Crippen molar-refractivity contribution in [2.75, 3.05) is 11.1 Å². The second kappa shape index (κ2) is 5.55. The maximum absolute atomic E-state index is 12.1. The number of hydrogen-bond acceptors (Lipinski definition) is 3. The number of carbonyl (C=O) groups excluding carboxylic acids is 1. The molecule has 0 atom stereocenters. The Balaban J connectivity index is 2.31. The summed E-state index contributed by atoms with van der Waals surface area (Å²) in [6.45, 7) is 0. The third kappa shape index (κ3) is 2.92. The third-order valence-corrected chi connectivity index (χ3v) is 3.22. The van der Waals surface area contributed by atoms with Gasteiger partial charge in [0.25, 0.3) is 5.91 Å². The fraction of sp³-hybridized carbons (Fsp3) is 0. The monoisotopic (exact) mass is 315 g/mol. The van der Waals surface area contributed by atoms with Crippen molar-refractivity contribution in [2.45, 2.75) is 0 Å². The zero-order chi connectivity index (χ0) is 13.8. The number of halogens is 1. The van der Waals surface area contributed by atoms with Crippen molar-refractivity contribution < 1.29 is 4.79 Å². The second-order valence-electron chi connectivity index (χ2n) is 3.85. The topological polar surface area (TPSA) is 78.9 Å². The summed E-state index contributed by atoms with van der Waals surface area (Å²) < 4.78 is 0.647. The van der Waals surface area contributed by atoms with Crippen LogP contribution in [-0.4, -0.2) is 5.91 Å². The van der Waals surface area contributed by atoms with Crippen molar-refractivity contribution in [3.63, 3.8) is 0 Å². The summed E-state index contributed by atoms with van der Waals surface area (Å²) >= 11 is 3.30. The van der Waals surface area contributed by atoms with Gasteiger partial charge in [-0.25, -0.2) is 0 Å². The molecule has 0 heterocycles. The zero-order valence-corrected chi connectivity index (χ0v) is 11.4. The summed E-state index contributed by atoms with van der Waals surface area (Å²) in [7, 11) is 0. The lowest BCUT2D eigenvalue weighted by Crippen LogP contribution is -2.13. The van der Waals surface area contributed by atoms with Crippen molar-refractivity contribution in [1.82, 2.24) is 0 Å². The molecule has 3 N–H and O–H groups in total. The lowest BCUT2D eigenvalue weighted by atomic mass is 10.1. The van der Waals surface area contributed by atoms with Crippen LogP contribution >= 0.6 is 15.9 Å². The number of hydrogen-bond donors (Lipinski definition) is 2. The molecule has 5 heteroatoms. The van der Waals surface area contributed by atoms with E-state index < -0.39 is 0 Å². The van der Waals surface area contributed by atoms with Gasteiger partial charge in [0.05, 0.1) is 16.8 Å². The van der Waals surface area contributed by atoms with Gasteiger partial charge >= 0.3 is 0 Å². The number of amides is 1. The molecule has 2 aromatic rings. The number of rotatable bonds is 2. The molecule has 0 unspecified atom stereocenters. The van der Waals surface area contributed by atoms with Gasteiger partial charge in [-0.3, -0.25) is 4.79 Å². The number of nitrogens with zero attached hydrogens (tertiary/aromatic N) is 1. The first-order valence-electron chi connectivity index (χ1n) is 5.47. The highest BCUT2D eigenvalue weighted by Crippen LogP contribution is 2.22. The summed E-state index contributed by atoms with van der Waals surface area (Å²) in [6.07, 6.45) is 0. The molecule has 1 amide bonds. The number of nitriles is 1. The molecule has 0 saturated carbocycles. The fourth-order valence-corrected chi connectivity index (χ4v) is 2.02. The van der Waals surface area contributed by atoms with Gasteiger partial charge in [-0.2, -0.15) is 5.26 Å². The quantitative estimate of drug-likeness (QED) is 0.835. The van der Waals surface area contributed by atoms with Gasteiger partial charge < -0.3 is 11.1 Å². The summed E-state index contributed by atoms with van der Waals surface area (Å²) in [5.74, 6) is -0.318. The summed E-state index contributed by atoms with van der Waals surface area (Å²) in [4.78, 5) is 12.1. The Bertz CT molecular complexity index is 677. The molecule has 0 aliphatic rings. The highest BCUT2D eigenvalue weighted by atomic mass is 79.9. The van der Waals surface area contributed by atoms with E-state index in [9.17, 15) is 4.79 Å². The fourth-order valence-electron chi connectivity index (χ4n) is 1.60. The molecule has 94 valence electrons. The molecule has 0 aliphatic carbocycles. The predicted molar refractivity (Wildman–Crippen MR) is 77.7 cm³/mol. The second-order valence-corrected chi connectivity index (χ2v) is 4.71. The van der Waals surface area contributed by atoms with E-state index in [2.05, 4.69) is 21.2 Å². The molecule has 4 nitrogen and oxygen atoms in total. The van der Waals surface area contributed by atoms with E-state index in [0.29, 0.717) is 27.0 Å². The third-order valence-electron chi connectivity index (χ3n) is 2.53. The Hall–Kier alpha value is -2.32. The first kappa shape index (κ1) is 13.1. The Kier molecular flexibility index (Phi) is 3.83. The molecule has 0 bridgehead atoms. The first-order valence-corrected chi connectivity index (χ1v) is 6.26. The Labute approximate surface area is 119 Å². The highest BCUT2D eigenvalue weighted by Gasteiger charge is 2.12. The van der Waals surface area contributed by atoms with Crippen molar-refractivity contribution in [1.29, 1.82) is 5.26 Å². The first-order chi connectivity index (χ1) is 9.11. The molecule has 2 aromatic carbocycles. The van der Waals surface area contributed by atoms with Crippen molar-refractivity contribution in [2.24, 2.45) is 0 Å². The van der Waals surface area contributed by atoms with E-state index in [0.717, 1.165) is 0 Å². The van der Waals surface area contributed by atoms with Gasteiger partial charge in [0.15, 0.2) is 0 Å². The van der Waals surface area contributed by atoms with E-state index in [-0.39, 0.29) is 5.91 Å². The Morgan fingerprint density at radius 2 is 2.00 bits per heavy atom. The number of para-hydroxylation sites is 1. The lowest BCUT2D eigenvalue weighted by Gasteiger charge is -2.08. The maximum atomic E-state index is 12.1. The molecule has 2 rings (SSSR count). The van der Waals surface area contributed by atoms with E-state index in [4.69, 9.17) is 11.0 Å². The van der Waals surface area contributed by atoms with Gasteiger partial charge in [-0.05, 0) is 46.3 Å². The van der Waals surface area contributed by atoms with Crippen LogP contribution in [-0.2, 0) is 0 Å². The summed E-state index contributed by atoms with van der Waals surface area (Å²) in [6, 6.07) is 13.8. The smallest absolute Gasteiger partial charge is 0.256 e. The maximum Gasteiger partial charge on any atom is 0.256 e. The number of nitrogens with two attached hydrogens (primary N) is 1. The van der Waals surface area contributed by atoms with Crippen molar-refractivity contribution in [3.8, 4) is 6.07 Å². The van der Waals surface area contributed by atoms with E-state index >= 15 is 0 Å². The minimum Gasteiger partial charge on any atom is -0.399 e. The molecule has 19 heavy (non-hydrogen) atoms. The predicted octanol–water partition coefficient (Wildman–Crippen LogP) is 3.16. The number of carbonyl (C=O) groups is 1. The van der Waals surface area contributed by atoms with Gasteiger partial charge in [0.1, 0.15) is 6.07 Å². The van der Waals surface area contributed by atoms with E-state index in [1.54, 1.807) is 42.5 Å². The van der Waals surface area contributed by atoms with E-state index in [1.807, 2.05) is 6.07 Å². The highest BCUT2D eigenvalue weighted by molar-refractivity contribution is 9.10. The summed E-state index contributed by atoms with van der Waals surface area (Å²) in [5.41, 5.74) is 7.48. The zero-order valence-electron chi connectivity index (χ0n) is 9.85. The molecule has 0 aliphatic heterocycles. The van der Waals surface area contributed by atoms with Crippen molar-refractivity contribution in [3.05, 3.63) is 58.1 Å². The number of nitrogens with one attached hydrogen (secondary N) is 1. The van der Waals surface area contributed by atoms with E-state index in [1.165, 1.54) is 0 Å². The lowest BCUT2D eigenvalue weighted by molar-refractivity contribution is 0.102. The number of nitrogen functional groups attached to an aromatic ring is 1. The van der Waals surface area contributed by atoms with Crippen LogP contribution in [0.1, 0.15) is 15.9 Å². The average Bonchev–Trinajstić information content (AvgIpc) is 2.42. The summed E-state index contributed by atoms with van der Waals surface area (Å²) in [5, 5.41) is 11.7. The molecule has 0 fully saturated rings. The van der Waals surface area contributed by atoms with Crippen LogP contribution in [0.4, 0.5) is 11.4 Å². The Morgan fingerprint density at radius 1 is 1.26 bits per heavy atom. The largest absolute Gasteiger partial charge is 0.399 e. The van der Waals surface area contributed by atoms with Gasteiger partial charge in [0, 0.05) is 10.2 Å². The van der Waals surface area contributed by atoms with Crippen molar-refractivity contribution >= 4 is 33.2 Å².